The van der Waals surface area contributed by atoms with Gasteiger partial charge in [-0.2, -0.15) is 0 Å². The molecule has 2 atom stereocenters. The van der Waals surface area contributed by atoms with E-state index in [0.717, 1.165) is 13.2 Å². The smallest absolute Gasteiger partial charge is 0.0510 e. The molecule has 16 heavy (non-hydrogen) atoms. The Kier molecular flexibility index (Phi) is 4.58. The molecule has 0 bridgehead atoms. The number of hydrogen-bond acceptors (Lipinski definition) is 4. The van der Waals surface area contributed by atoms with E-state index in [2.05, 4.69) is 29.2 Å². The van der Waals surface area contributed by atoms with Crippen LogP contribution >= 0.6 is 0 Å². The lowest BCUT2D eigenvalue weighted by Gasteiger charge is -2.35. The van der Waals surface area contributed by atoms with Crippen molar-refractivity contribution < 1.29 is 4.74 Å². The van der Waals surface area contributed by atoms with Crippen molar-refractivity contribution in [2.75, 3.05) is 60.0 Å². The second-order valence-electron chi connectivity index (χ2n) is 5.12. The SMILES string of the molecule is CNC(CN1CCN(C)CC1)C1CCOC1. The summed E-state index contributed by atoms with van der Waals surface area (Å²) in [5.74, 6) is 0.713. The van der Waals surface area contributed by atoms with Crippen molar-refractivity contribution in [2.45, 2.75) is 12.5 Å². The predicted octanol–water partition coefficient (Wildman–Crippen LogP) is -0.142. The molecule has 94 valence electrons. The fourth-order valence-corrected chi connectivity index (χ4v) is 2.65. The Morgan fingerprint density at radius 3 is 2.62 bits per heavy atom. The highest BCUT2D eigenvalue weighted by Gasteiger charge is 2.27. The molecule has 0 aromatic carbocycles. The van der Waals surface area contributed by atoms with Gasteiger partial charge in [-0.15, -0.1) is 0 Å². The summed E-state index contributed by atoms with van der Waals surface area (Å²) in [5, 5.41) is 3.47. The van der Waals surface area contributed by atoms with E-state index in [-0.39, 0.29) is 0 Å². The molecule has 0 aromatic heterocycles. The van der Waals surface area contributed by atoms with E-state index in [1.807, 2.05) is 0 Å². The largest absolute Gasteiger partial charge is 0.381 e. The minimum Gasteiger partial charge on any atom is -0.381 e. The molecule has 4 heteroatoms. The molecule has 2 rings (SSSR count). The van der Waals surface area contributed by atoms with Crippen LogP contribution < -0.4 is 5.32 Å². The van der Waals surface area contributed by atoms with E-state index in [9.17, 15) is 0 Å². The highest BCUT2D eigenvalue weighted by Crippen LogP contribution is 2.17. The first kappa shape index (κ1) is 12.3. The van der Waals surface area contributed by atoms with Crippen LogP contribution in [0.1, 0.15) is 6.42 Å². The molecule has 0 aromatic rings. The molecular weight excluding hydrogens is 202 g/mol. The number of rotatable bonds is 4. The van der Waals surface area contributed by atoms with Gasteiger partial charge in [0.15, 0.2) is 0 Å². The van der Waals surface area contributed by atoms with E-state index < -0.39 is 0 Å². The maximum Gasteiger partial charge on any atom is 0.0510 e. The molecule has 1 N–H and O–H groups in total. The van der Waals surface area contributed by atoms with Crippen molar-refractivity contribution in [3.63, 3.8) is 0 Å². The van der Waals surface area contributed by atoms with Crippen LogP contribution in [0.2, 0.25) is 0 Å². The van der Waals surface area contributed by atoms with Gasteiger partial charge in [0.1, 0.15) is 0 Å². The average molecular weight is 227 g/mol. The van der Waals surface area contributed by atoms with Crippen LogP contribution in [0.25, 0.3) is 0 Å². The molecule has 0 radical (unpaired) electrons. The molecule has 2 unspecified atom stereocenters. The Morgan fingerprint density at radius 1 is 1.31 bits per heavy atom. The van der Waals surface area contributed by atoms with Crippen LogP contribution in [0.3, 0.4) is 0 Å². The van der Waals surface area contributed by atoms with Gasteiger partial charge in [0.2, 0.25) is 0 Å². The molecule has 0 amide bonds. The topological polar surface area (TPSA) is 27.7 Å². The minimum absolute atomic E-state index is 0.603. The summed E-state index contributed by atoms with van der Waals surface area (Å²) in [6.45, 7) is 7.91. The van der Waals surface area contributed by atoms with E-state index in [4.69, 9.17) is 4.74 Å². The quantitative estimate of drug-likeness (QED) is 0.723. The molecular formula is C12H25N3O. The molecule has 4 nitrogen and oxygen atoms in total. The Balaban J connectivity index is 1.77. The van der Waals surface area contributed by atoms with Gasteiger partial charge in [-0.1, -0.05) is 0 Å². The summed E-state index contributed by atoms with van der Waals surface area (Å²) in [4.78, 5) is 4.99. The summed E-state index contributed by atoms with van der Waals surface area (Å²) in [7, 11) is 4.29. The predicted molar refractivity (Wildman–Crippen MR) is 65.7 cm³/mol. The fraction of sp³-hybridized carbons (Fsp3) is 1.00. The zero-order valence-electron chi connectivity index (χ0n) is 10.6. The number of piperazine rings is 1. The van der Waals surface area contributed by atoms with Crippen molar-refractivity contribution in [3.05, 3.63) is 0 Å². The van der Waals surface area contributed by atoms with E-state index in [1.165, 1.54) is 39.1 Å². The highest BCUT2D eigenvalue weighted by molar-refractivity contribution is 4.83. The third-order valence-electron chi connectivity index (χ3n) is 3.96. The summed E-state index contributed by atoms with van der Waals surface area (Å²) in [6.07, 6.45) is 1.22. The lowest BCUT2D eigenvalue weighted by atomic mass is 9.98. The van der Waals surface area contributed by atoms with Gasteiger partial charge < -0.3 is 15.0 Å². The molecule has 2 saturated heterocycles. The van der Waals surface area contributed by atoms with Gasteiger partial charge >= 0.3 is 0 Å². The second kappa shape index (κ2) is 5.96. The lowest BCUT2D eigenvalue weighted by Crippen LogP contribution is -2.51. The van der Waals surface area contributed by atoms with Crippen LogP contribution in [0.15, 0.2) is 0 Å². The first-order valence-corrected chi connectivity index (χ1v) is 6.45. The second-order valence-corrected chi connectivity index (χ2v) is 5.12. The van der Waals surface area contributed by atoms with Gasteiger partial charge in [-0.3, -0.25) is 4.90 Å². The van der Waals surface area contributed by atoms with Gasteiger partial charge in [-0.25, -0.2) is 0 Å². The standard InChI is InChI=1S/C12H25N3O/c1-13-12(11-3-8-16-10-11)9-15-6-4-14(2)5-7-15/h11-13H,3-10H2,1-2H3. The zero-order chi connectivity index (χ0) is 11.4. The Labute approximate surface area is 98.9 Å². The highest BCUT2D eigenvalue weighted by atomic mass is 16.5. The summed E-state index contributed by atoms with van der Waals surface area (Å²) < 4.78 is 5.48. The first-order chi connectivity index (χ1) is 7.79. The third-order valence-corrected chi connectivity index (χ3v) is 3.96. The molecule has 2 aliphatic heterocycles. The number of hydrogen-bond donors (Lipinski definition) is 1. The first-order valence-electron chi connectivity index (χ1n) is 6.45. The van der Waals surface area contributed by atoms with Crippen LogP contribution in [0.4, 0.5) is 0 Å². The minimum atomic E-state index is 0.603. The molecule has 0 spiro atoms. The number of likely N-dealkylation sites (N-methyl/N-ethyl adjacent to an activating group) is 2. The van der Waals surface area contributed by atoms with Gasteiger partial charge in [0.05, 0.1) is 6.61 Å². The number of ether oxygens (including phenoxy) is 1. The van der Waals surface area contributed by atoms with Gasteiger partial charge in [-0.05, 0) is 20.5 Å². The van der Waals surface area contributed by atoms with E-state index >= 15 is 0 Å². The molecule has 0 aliphatic carbocycles. The maximum atomic E-state index is 5.48. The monoisotopic (exact) mass is 227 g/mol. The molecule has 2 heterocycles. The molecule has 2 fully saturated rings. The van der Waals surface area contributed by atoms with Crippen LogP contribution in [-0.2, 0) is 4.74 Å². The van der Waals surface area contributed by atoms with E-state index in [0.29, 0.717) is 12.0 Å². The maximum absolute atomic E-state index is 5.48. The van der Waals surface area contributed by atoms with Crippen molar-refractivity contribution >= 4 is 0 Å². The van der Waals surface area contributed by atoms with Crippen LogP contribution in [0, 0.1) is 5.92 Å². The summed E-state index contributed by atoms with van der Waals surface area (Å²) >= 11 is 0. The normalized spacial score (nSPS) is 30.8. The third kappa shape index (κ3) is 3.17. The van der Waals surface area contributed by atoms with E-state index in [1.54, 1.807) is 0 Å². The Morgan fingerprint density at radius 2 is 2.06 bits per heavy atom. The van der Waals surface area contributed by atoms with Gasteiger partial charge in [0.25, 0.3) is 0 Å². The van der Waals surface area contributed by atoms with Crippen molar-refractivity contribution in [3.8, 4) is 0 Å². The number of nitrogens with zero attached hydrogens (tertiary/aromatic N) is 2. The van der Waals surface area contributed by atoms with Crippen molar-refractivity contribution in [2.24, 2.45) is 5.92 Å². The van der Waals surface area contributed by atoms with Crippen LogP contribution in [-0.4, -0.2) is 75.9 Å². The molecule has 2 aliphatic rings. The van der Waals surface area contributed by atoms with Crippen molar-refractivity contribution in [1.82, 2.24) is 15.1 Å². The van der Waals surface area contributed by atoms with Gasteiger partial charge in [0, 0.05) is 51.3 Å². The van der Waals surface area contributed by atoms with Crippen molar-refractivity contribution in [1.29, 1.82) is 0 Å². The summed E-state index contributed by atoms with van der Waals surface area (Å²) in [6, 6.07) is 0.603. The molecule has 0 saturated carbocycles. The lowest BCUT2D eigenvalue weighted by molar-refractivity contribution is 0.124. The Hall–Kier alpha value is -0.160. The number of nitrogens with one attached hydrogen (secondary N) is 1. The average Bonchev–Trinajstić information content (AvgIpc) is 2.82. The zero-order valence-corrected chi connectivity index (χ0v) is 10.6. The Bertz CT molecular complexity index is 198. The fourth-order valence-electron chi connectivity index (χ4n) is 2.65. The van der Waals surface area contributed by atoms with Crippen LogP contribution in [0.5, 0.6) is 0 Å². The summed E-state index contributed by atoms with van der Waals surface area (Å²) in [5.41, 5.74) is 0.